The van der Waals surface area contributed by atoms with Crippen molar-refractivity contribution in [2.45, 2.75) is 20.0 Å². The lowest BCUT2D eigenvalue weighted by Gasteiger charge is -2.19. The van der Waals surface area contributed by atoms with Crippen LogP contribution in [0.15, 0.2) is 30.3 Å². The molecular formula is C17H19ClO3. The van der Waals surface area contributed by atoms with E-state index in [1.54, 1.807) is 32.4 Å². The maximum Gasteiger partial charge on any atom is 0.125 e. The summed E-state index contributed by atoms with van der Waals surface area (Å²) in [5, 5.41) is 11.3. The molecular weight excluding hydrogens is 288 g/mol. The second-order valence-electron chi connectivity index (χ2n) is 4.97. The van der Waals surface area contributed by atoms with E-state index in [4.69, 9.17) is 21.1 Å². The standard InChI is InChI=1S/C17H19ClO3/c1-10-8-16(21-4)11(2)7-13(10)17(19)14-9-12(18)5-6-15(14)20-3/h5-9,17,19H,1-4H3. The van der Waals surface area contributed by atoms with Crippen molar-refractivity contribution in [3.8, 4) is 11.5 Å². The highest BCUT2D eigenvalue weighted by atomic mass is 35.5. The Hall–Kier alpha value is -1.71. The summed E-state index contributed by atoms with van der Waals surface area (Å²) in [5.74, 6) is 1.42. The monoisotopic (exact) mass is 306 g/mol. The lowest BCUT2D eigenvalue weighted by Crippen LogP contribution is -2.05. The summed E-state index contributed by atoms with van der Waals surface area (Å²) >= 11 is 6.04. The molecule has 2 aromatic carbocycles. The minimum Gasteiger partial charge on any atom is -0.496 e. The SMILES string of the molecule is COc1cc(C)c(C(O)c2cc(Cl)ccc2OC)cc1C. The highest BCUT2D eigenvalue weighted by Crippen LogP contribution is 2.35. The molecule has 0 saturated heterocycles. The maximum absolute atomic E-state index is 10.7. The molecule has 0 aliphatic rings. The van der Waals surface area contributed by atoms with E-state index in [-0.39, 0.29) is 0 Å². The normalized spacial score (nSPS) is 12.1. The third-order valence-electron chi connectivity index (χ3n) is 3.56. The van der Waals surface area contributed by atoms with Crippen molar-refractivity contribution in [2.75, 3.05) is 14.2 Å². The van der Waals surface area contributed by atoms with Gasteiger partial charge in [0.25, 0.3) is 0 Å². The van der Waals surface area contributed by atoms with E-state index in [2.05, 4.69) is 0 Å². The summed E-state index contributed by atoms with van der Waals surface area (Å²) < 4.78 is 10.6. The summed E-state index contributed by atoms with van der Waals surface area (Å²) in [6.45, 7) is 3.89. The van der Waals surface area contributed by atoms with Crippen molar-refractivity contribution in [2.24, 2.45) is 0 Å². The average molecular weight is 307 g/mol. The first kappa shape index (κ1) is 15.7. The van der Waals surface area contributed by atoms with Crippen molar-refractivity contribution in [3.05, 3.63) is 57.6 Å². The van der Waals surface area contributed by atoms with E-state index in [0.29, 0.717) is 16.3 Å². The van der Waals surface area contributed by atoms with E-state index < -0.39 is 6.10 Å². The molecule has 0 heterocycles. The van der Waals surface area contributed by atoms with Gasteiger partial charge in [0.15, 0.2) is 0 Å². The van der Waals surface area contributed by atoms with E-state index >= 15 is 0 Å². The summed E-state index contributed by atoms with van der Waals surface area (Å²) in [4.78, 5) is 0. The number of halogens is 1. The smallest absolute Gasteiger partial charge is 0.125 e. The molecule has 1 unspecified atom stereocenters. The van der Waals surface area contributed by atoms with Gasteiger partial charge in [-0.05, 0) is 60.9 Å². The predicted molar refractivity (Wildman–Crippen MR) is 84.5 cm³/mol. The van der Waals surface area contributed by atoms with Crippen molar-refractivity contribution >= 4 is 11.6 Å². The summed E-state index contributed by atoms with van der Waals surface area (Å²) in [5.41, 5.74) is 3.39. The van der Waals surface area contributed by atoms with E-state index in [0.717, 1.165) is 22.4 Å². The van der Waals surface area contributed by atoms with Gasteiger partial charge >= 0.3 is 0 Å². The van der Waals surface area contributed by atoms with Crippen molar-refractivity contribution in [1.29, 1.82) is 0 Å². The third kappa shape index (κ3) is 3.14. The Morgan fingerprint density at radius 3 is 2.19 bits per heavy atom. The van der Waals surface area contributed by atoms with Crippen LogP contribution < -0.4 is 9.47 Å². The van der Waals surface area contributed by atoms with Gasteiger partial charge in [-0.2, -0.15) is 0 Å². The van der Waals surface area contributed by atoms with Crippen LogP contribution in [0.2, 0.25) is 5.02 Å². The zero-order valence-electron chi connectivity index (χ0n) is 12.6. The number of hydrogen-bond acceptors (Lipinski definition) is 3. The van der Waals surface area contributed by atoms with Crippen molar-refractivity contribution in [1.82, 2.24) is 0 Å². The molecule has 0 fully saturated rings. The van der Waals surface area contributed by atoms with Gasteiger partial charge in [0.1, 0.15) is 17.6 Å². The molecule has 0 saturated carbocycles. The number of benzene rings is 2. The first-order valence-corrected chi connectivity index (χ1v) is 7.02. The fourth-order valence-corrected chi connectivity index (χ4v) is 2.59. The van der Waals surface area contributed by atoms with Gasteiger partial charge in [0.2, 0.25) is 0 Å². The molecule has 4 heteroatoms. The van der Waals surface area contributed by atoms with E-state index in [1.165, 1.54) is 0 Å². The molecule has 2 rings (SSSR count). The third-order valence-corrected chi connectivity index (χ3v) is 3.80. The van der Waals surface area contributed by atoms with Gasteiger partial charge in [-0.25, -0.2) is 0 Å². The van der Waals surface area contributed by atoms with Crippen LogP contribution in [0.25, 0.3) is 0 Å². The number of aliphatic hydroxyl groups is 1. The Labute approximate surface area is 130 Å². The quantitative estimate of drug-likeness (QED) is 0.926. The number of methoxy groups -OCH3 is 2. The van der Waals surface area contributed by atoms with Crippen LogP contribution in [-0.4, -0.2) is 19.3 Å². The first-order chi connectivity index (χ1) is 9.97. The molecule has 112 valence electrons. The molecule has 21 heavy (non-hydrogen) atoms. The Balaban J connectivity index is 2.52. The average Bonchev–Trinajstić information content (AvgIpc) is 2.48. The lowest BCUT2D eigenvalue weighted by atomic mass is 9.95. The van der Waals surface area contributed by atoms with Crippen LogP contribution in [0.1, 0.15) is 28.4 Å². The van der Waals surface area contributed by atoms with Crippen LogP contribution in [0, 0.1) is 13.8 Å². The molecule has 0 aromatic heterocycles. The number of rotatable bonds is 4. The van der Waals surface area contributed by atoms with E-state index in [9.17, 15) is 5.11 Å². The maximum atomic E-state index is 10.7. The summed E-state index contributed by atoms with van der Waals surface area (Å²) in [6, 6.07) is 9.07. The molecule has 0 amide bonds. The van der Waals surface area contributed by atoms with Crippen LogP contribution in [0.4, 0.5) is 0 Å². The van der Waals surface area contributed by atoms with Crippen molar-refractivity contribution in [3.63, 3.8) is 0 Å². The highest BCUT2D eigenvalue weighted by molar-refractivity contribution is 6.30. The fraction of sp³-hybridized carbons (Fsp3) is 0.294. The minimum atomic E-state index is -0.803. The van der Waals surface area contributed by atoms with E-state index in [1.807, 2.05) is 26.0 Å². The fourth-order valence-electron chi connectivity index (χ4n) is 2.41. The molecule has 0 bridgehead atoms. The predicted octanol–water partition coefficient (Wildman–Crippen LogP) is 4.06. The van der Waals surface area contributed by atoms with Crippen LogP contribution >= 0.6 is 11.6 Å². The van der Waals surface area contributed by atoms with Gasteiger partial charge in [0, 0.05) is 10.6 Å². The minimum absolute atomic E-state index is 0.563. The van der Waals surface area contributed by atoms with Gasteiger partial charge in [-0.3, -0.25) is 0 Å². The number of aliphatic hydroxyl groups excluding tert-OH is 1. The van der Waals surface area contributed by atoms with Gasteiger partial charge in [0.05, 0.1) is 14.2 Å². The summed E-state index contributed by atoms with van der Waals surface area (Å²) in [7, 11) is 3.21. The second kappa shape index (κ2) is 6.37. The summed E-state index contributed by atoms with van der Waals surface area (Å²) in [6.07, 6.45) is -0.803. The number of ether oxygens (including phenoxy) is 2. The molecule has 0 aliphatic heterocycles. The number of hydrogen-bond donors (Lipinski definition) is 1. The topological polar surface area (TPSA) is 38.7 Å². The zero-order chi connectivity index (χ0) is 15.6. The molecule has 3 nitrogen and oxygen atoms in total. The van der Waals surface area contributed by atoms with Gasteiger partial charge in [-0.15, -0.1) is 0 Å². The Morgan fingerprint density at radius 1 is 0.905 bits per heavy atom. The Kier molecular flexibility index (Phi) is 4.76. The van der Waals surface area contributed by atoms with Gasteiger partial charge in [-0.1, -0.05) is 11.6 Å². The van der Waals surface area contributed by atoms with Crippen molar-refractivity contribution < 1.29 is 14.6 Å². The van der Waals surface area contributed by atoms with Crippen LogP contribution in [0.5, 0.6) is 11.5 Å². The molecule has 0 spiro atoms. The second-order valence-corrected chi connectivity index (χ2v) is 5.40. The zero-order valence-corrected chi connectivity index (χ0v) is 13.4. The van der Waals surface area contributed by atoms with Crippen LogP contribution in [-0.2, 0) is 0 Å². The largest absolute Gasteiger partial charge is 0.496 e. The van der Waals surface area contributed by atoms with Crippen LogP contribution in [0.3, 0.4) is 0 Å². The molecule has 0 aliphatic carbocycles. The molecule has 1 N–H and O–H groups in total. The number of aryl methyl sites for hydroxylation is 2. The first-order valence-electron chi connectivity index (χ1n) is 6.64. The van der Waals surface area contributed by atoms with Gasteiger partial charge < -0.3 is 14.6 Å². The lowest BCUT2D eigenvalue weighted by molar-refractivity contribution is 0.214. The molecule has 0 radical (unpaired) electrons. The highest BCUT2D eigenvalue weighted by Gasteiger charge is 2.19. The molecule has 1 atom stereocenters. The Bertz CT molecular complexity index is 653. The Morgan fingerprint density at radius 2 is 1.57 bits per heavy atom. The molecule has 2 aromatic rings.